The smallest absolute Gasteiger partial charge is 0.255 e. The number of carbonyl (C=O) groups excluding carboxylic acids is 1. The molecule has 1 amide bonds. The summed E-state index contributed by atoms with van der Waals surface area (Å²) >= 11 is 0. The van der Waals surface area contributed by atoms with Gasteiger partial charge in [-0.25, -0.2) is 0 Å². The van der Waals surface area contributed by atoms with Crippen molar-refractivity contribution in [2.24, 2.45) is 0 Å². The lowest BCUT2D eigenvalue weighted by molar-refractivity contribution is 0.0929. The van der Waals surface area contributed by atoms with Crippen LogP contribution in [0, 0.1) is 13.8 Å². The minimum Gasteiger partial charge on any atom is -0.488 e. The number of fused-ring (bicyclic) bond motifs is 1. The molecule has 29 heavy (non-hydrogen) atoms. The van der Waals surface area contributed by atoms with Crippen molar-refractivity contribution in [1.82, 2.24) is 10.5 Å². The fourth-order valence-electron chi connectivity index (χ4n) is 4.06. The molecule has 5 nitrogen and oxygen atoms in total. The maximum absolute atomic E-state index is 13.2. The highest BCUT2D eigenvalue weighted by Gasteiger charge is 2.20. The number of hydrogen-bond acceptors (Lipinski definition) is 4. The number of ether oxygens (including phenoxy) is 1. The van der Waals surface area contributed by atoms with E-state index in [4.69, 9.17) is 9.26 Å². The molecule has 0 spiro atoms. The maximum Gasteiger partial charge on any atom is 0.255 e. The van der Waals surface area contributed by atoms with Crippen molar-refractivity contribution in [2.45, 2.75) is 65.0 Å². The molecule has 152 valence electrons. The Morgan fingerprint density at radius 3 is 2.45 bits per heavy atom. The lowest BCUT2D eigenvalue weighted by Gasteiger charge is -2.18. The van der Waals surface area contributed by atoms with Crippen LogP contribution in [0.2, 0.25) is 0 Å². The van der Waals surface area contributed by atoms with Crippen molar-refractivity contribution in [1.29, 1.82) is 0 Å². The second-order valence-corrected chi connectivity index (χ2v) is 7.95. The molecule has 1 aliphatic carbocycles. The zero-order valence-electron chi connectivity index (χ0n) is 17.2. The number of nitrogens with one attached hydrogen (secondary N) is 1. The normalized spacial score (nSPS) is 15.2. The number of benzene rings is 2. The van der Waals surface area contributed by atoms with E-state index in [0.717, 1.165) is 40.6 Å². The number of hydrogen-bond donors (Lipinski definition) is 1. The van der Waals surface area contributed by atoms with Crippen LogP contribution in [0.25, 0.3) is 10.8 Å². The van der Waals surface area contributed by atoms with E-state index in [1.54, 1.807) is 0 Å². The number of amides is 1. The second-order valence-electron chi connectivity index (χ2n) is 7.95. The summed E-state index contributed by atoms with van der Waals surface area (Å²) in [5.41, 5.74) is 2.32. The Hall–Kier alpha value is -2.82. The SMILES string of the molecule is Cc1noc(C)c1COc1cc2ccccc2cc1C(=O)NC1CCCCCC1. The van der Waals surface area contributed by atoms with Gasteiger partial charge in [-0.05, 0) is 49.6 Å². The Balaban J connectivity index is 1.61. The molecule has 4 rings (SSSR count). The average molecular weight is 392 g/mol. The van der Waals surface area contributed by atoms with Gasteiger partial charge in [-0.1, -0.05) is 55.1 Å². The second kappa shape index (κ2) is 8.68. The highest BCUT2D eigenvalue weighted by atomic mass is 16.5. The van der Waals surface area contributed by atoms with Crippen LogP contribution in [0.5, 0.6) is 5.75 Å². The lowest BCUT2D eigenvalue weighted by Crippen LogP contribution is -2.34. The first-order valence-electron chi connectivity index (χ1n) is 10.5. The largest absolute Gasteiger partial charge is 0.488 e. The van der Waals surface area contributed by atoms with Gasteiger partial charge >= 0.3 is 0 Å². The molecule has 1 aliphatic rings. The Bertz CT molecular complexity index is 981. The molecule has 0 aliphatic heterocycles. The zero-order chi connectivity index (χ0) is 20.2. The van der Waals surface area contributed by atoms with Crippen LogP contribution in [0.1, 0.15) is 65.9 Å². The van der Waals surface area contributed by atoms with E-state index in [2.05, 4.69) is 10.5 Å². The average Bonchev–Trinajstić information content (AvgIpc) is 2.90. The number of carbonyl (C=O) groups is 1. The highest BCUT2D eigenvalue weighted by Crippen LogP contribution is 2.28. The third-order valence-electron chi connectivity index (χ3n) is 5.84. The number of aromatic nitrogens is 1. The fraction of sp³-hybridized carbons (Fsp3) is 0.417. The molecule has 1 fully saturated rings. The summed E-state index contributed by atoms with van der Waals surface area (Å²) in [4.78, 5) is 13.2. The van der Waals surface area contributed by atoms with Crippen molar-refractivity contribution in [3.8, 4) is 5.75 Å². The topological polar surface area (TPSA) is 64.4 Å². The molecule has 5 heteroatoms. The predicted octanol–water partition coefficient (Wildman–Crippen LogP) is 5.48. The predicted molar refractivity (Wildman–Crippen MR) is 113 cm³/mol. The van der Waals surface area contributed by atoms with E-state index in [-0.39, 0.29) is 11.9 Å². The van der Waals surface area contributed by atoms with Gasteiger partial charge in [0.15, 0.2) is 0 Å². The van der Waals surface area contributed by atoms with Gasteiger partial charge in [0.2, 0.25) is 0 Å². The first-order valence-corrected chi connectivity index (χ1v) is 10.5. The maximum atomic E-state index is 13.2. The van der Waals surface area contributed by atoms with Crippen molar-refractivity contribution >= 4 is 16.7 Å². The molecule has 1 N–H and O–H groups in total. The summed E-state index contributed by atoms with van der Waals surface area (Å²) in [5, 5.41) is 9.31. The van der Waals surface area contributed by atoms with Gasteiger partial charge in [-0.15, -0.1) is 0 Å². The zero-order valence-corrected chi connectivity index (χ0v) is 17.2. The van der Waals surface area contributed by atoms with Crippen molar-refractivity contribution in [2.75, 3.05) is 0 Å². The molecule has 0 bridgehead atoms. The van der Waals surface area contributed by atoms with E-state index < -0.39 is 0 Å². The molecule has 1 heterocycles. The van der Waals surface area contributed by atoms with Crippen LogP contribution in [-0.4, -0.2) is 17.1 Å². The first kappa shape index (κ1) is 19.5. The monoisotopic (exact) mass is 392 g/mol. The van der Waals surface area contributed by atoms with Gasteiger partial charge in [0.05, 0.1) is 16.8 Å². The van der Waals surface area contributed by atoms with Crippen molar-refractivity contribution < 1.29 is 14.1 Å². The Kier molecular flexibility index (Phi) is 5.84. The molecule has 3 aromatic rings. The van der Waals surface area contributed by atoms with Gasteiger partial charge in [0.25, 0.3) is 5.91 Å². The number of rotatable bonds is 5. The Morgan fingerprint density at radius 2 is 1.79 bits per heavy atom. The van der Waals surface area contributed by atoms with Gasteiger partial charge < -0.3 is 14.6 Å². The van der Waals surface area contributed by atoms with Crippen LogP contribution >= 0.6 is 0 Å². The molecular formula is C24H28N2O3. The molecule has 0 unspecified atom stereocenters. The van der Waals surface area contributed by atoms with Gasteiger partial charge in [0, 0.05) is 6.04 Å². The molecule has 1 saturated carbocycles. The van der Waals surface area contributed by atoms with Gasteiger partial charge in [-0.2, -0.15) is 0 Å². The van der Waals surface area contributed by atoms with E-state index in [1.807, 2.05) is 50.2 Å². The third-order valence-corrected chi connectivity index (χ3v) is 5.84. The number of nitrogens with zero attached hydrogens (tertiary/aromatic N) is 1. The summed E-state index contributed by atoms with van der Waals surface area (Å²) in [6.45, 7) is 4.09. The molecule has 0 saturated heterocycles. The van der Waals surface area contributed by atoms with Crippen LogP contribution in [0.3, 0.4) is 0 Å². The summed E-state index contributed by atoms with van der Waals surface area (Å²) in [6.07, 6.45) is 6.97. The van der Waals surface area contributed by atoms with E-state index >= 15 is 0 Å². The van der Waals surface area contributed by atoms with Gasteiger partial charge in [-0.3, -0.25) is 4.79 Å². The fourth-order valence-corrected chi connectivity index (χ4v) is 4.06. The van der Waals surface area contributed by atoms with Crippen molar-refractivity contribution in [3.63, 3.8) is 0 Å². The molecular weight excluding hydrogens is 364 g/mol. The molecule has 0 atom stereocenters. The number of aryl methyl sites for hydroxylation is 2. The quantitative estimate of drug-likeness (QED) is 0.584. The van der Waals surface area contributed by atoms with Crippen LogP contribution < -0.4 is 10.1 Å². The standard InChI is InChI=1S/C24H28N2O3/c1-16-22(17(2)29-26-16)15-28-23-14-19-10-8-7-9-18(19)13-21(23)24(27)25-20-11-5-3-4-6-12-20/h7-10,13-14,20H,3-6,11-12,15H2,1-2H3,(H,25,27). The first-order chi connectivity index (χ1) is 14.1. The van der Waals surface area contributed by atoms with E-state index in [1.165, 1.54) is 25.7 Å². The molecule has 1 aromatic heterocycles. The van der Waals surface area contributed by atoms with Crippen molar-refractivity contribution in [3.05, 3.63) is 59.0 Å². The van der Waals surface area contributed by atoms with E-state index in [0.29, 0.717) is 17.9 Å². The Labute approximate surface area is 171 Å². The summed E-state index contributed by atoms with van der Waals surface area (Å²) in [5.74, 6) is 1.28. The van der Waals surface area contributed by atoms with Gasteiger partial charge in [0.1, 0.15) is 18.1 Å². The summed E-state index contributed by atoms with van der Waals surface area (Å²) in [7, 11) is 0. The molecule has 2 aromatic carbocycles. The molecule has 0 radical (unpaired) electrons. The highest BCUT2D eigenvalue weighted by molar-refractivity contribution is 6.01. The van der Waals surface area contributed by atoms with E-state index in [9.17, 15) is 4.79 Å². The lowest BCUT2D eigenvalue weighted by atomic mass is 10.0. The van der Waals surface area contributed by atoms with Crippen LogP contribution in [0.15, 0.2) is 40.9 Å². The summed E-state index contributed by atoms with van der Waals surface area (Å²) < 4.78 is 11.4. The van der Waals surface area contributed by atoms with Crippen LogP contribution in [0.4, 0.5) is 0 Å². The third kappa shape index (κ3) is 4.44. The summed E-state index contributed by atoms with van der Waals surface area (Å²) in [6, 6.07) is 12.2. The minimum absolute atomic E-state index is 0.0589. The Morgan fingerprint density at radius 1 is 1.10 bits per heavy atom. The minimum atomic E-state index is -0.0589. The van der Waals surface area contributed by atoms with Crippen LogP contribution in [-0.2, 0) is 6.61 Å².